The first-order valence-electron chi connectivity index (χ1n) is 5.80. The minimum atomic E-state index is -0.475. The van der Waals surface area contributed by atoms with Crippen molar-refractivity contribution in [2.45, 2.75) is 39.7 Å². The van der Waals surface area contributed by atoms with Gasteiger partial charge in [0.15, 0.2) is 0 Å². The molecule has 16 heavy (non-hydrogen) atoms. The molecular weight excluding hydrogens is 200 g/mol. The van der Waals surface area contributed by atoms with Crippen molar-refractivity contribution in [2.75, 3.05) is 0 Å². The van der Waals surface area contributed by atoms with Crippen LogP contribution in [0.3, 0.4) is 0 Å². The van der Waals surface area contributed by atoms with Crippen LogP contribution in [-0.4, -0.2) is 5.11 Å². The van der Waals surface area contributed by atoms with Crippen molar-refractivity contribution >= 4 is 11.0 Å². The lowest BCUT2D eigenvalue weighted by atomic mass is 10.1. The van der Waals surface area contributed by atoms with E-state index in [1.807, 2.05) is 12.1 Å². The van der Waals surface area contributed by atoms with E-state index < -0.39 is 6.10 Å². The second-order valence-electron chi connectivity index (χ2n) is 4.45. The first-order valence-corrected chi connectivity index (χ1v) is 5.80. The molecule has 1 aromatic heterocycles. The predicted molar refractivity (Wildman–Crippen MR) is 65.6 cm³/mol. The standard InChI is InChI=1S/C14H18O2/c1-4-5-12(15)14-8-11-10(3)6-9(2)7-13(11)16-14/h6-8,12,15H,4-5H2,1-3H3. The van der Waals surface area contributed by atoms with Crippen molar-refractivity contribution in [3.63, 3.8) is 0 Å². The van der Waals surface area contributed by atoms with Gasteiger partial charge in [0.05, 0.1) is 0 Å². The average Bonchev–Trinajstić information content (AvgIpc) is 2.62. The Morgan fingerprint density at radius 1 is 1.25 bits per heavy atom. The Morgan fingerprint density at radius 2 is 2.00 bits per heavy atom. The fourth-order valence-electron chi connectivity index (χ4n) is 2.09. The van der Waals surface area contributed by atoms with Crippen LogP contribution in [0.5, 0.6) is 0 Å². The number of fused-ring (bicyclic) bond motifs is 1. The van der Waals surface area contributed by atoms with E-state index in [1.54, 1.807) is 0 Å². The molecule has 1 heterocycles. The van der Waals surface area contributed by atoms with Crippen LogP contribution in [0.2, 0.25) is 0 Å². The van der Waals surface area contributed by atoms with Gasteiger partial charge in [0.1, 0.15) is 17.4 Å². The van der Waals surface area contributed by atoms with Crippen molar-refractivity contribution in [3.05, 3.63) is 35.1 Å². The molecule has 1 atom stereocenters. The van der Waals surface area contributed by atoms with Crippen molar-refractivity contribution < 1.29 is 9.52 Å². The van der Waals surface area contributed by atoms with E-state index in [2.05, 4.69) is 26.8 Å². The monoisotopic (exact) mass is 218 g/mol. The lowest BCUT2D eigenvalue weighted by molar-refractivity contribution is 0.141. The predicted octanol–water partition coefficient (Wildman–Crippen LogP) is 3.88. The van der Waals surface area contributed by atoms with Crippen LogP contribution in [0.15, 0.2) is 22.6 Å². The summed E-state index contributed by atoms with van der Waals surface area (Å²) < 4.78 is 5.69. The topological polar surface area (TPSA) is 33.4 Å². The lowest BCUT2D eigenvalue weighted by Gasteiger charge is -2.03. The van der Waals surface area contributed by atoms with Crippen LogP contribution in [0.25, 0.3) is 11.0 Å². The van der Waals surface area contributed by atoms with E-state index in [9.17, 15) is 5.11 Å². The van der Waals surface area contributed by atoms with Gasteiger partial charge >= 0.3 is 0 Å². The Balaban J connectivity index is 2.47. The van der Waals surface area contributed by atoms with Gasteiger partial charge in [-0.15, -0.1) is 0 Å². The molecule has 1 unspecified atom stereocenters. The van der Waals surface area contributed by atoms with Crippen LogP contribution in [0.4, 0.5) is 0 Å². The van der Waals surface area contributed by atoms with Gasteiger partial charge in [-0.1, -0.05) is 19.4 Å². The Bertz CT molecular complexity index is 497. The summed E-state index contributed by atoms with van der Waals surface area (Å²) in [4.78, 5) is 0. The second kappa shape index (κ2) is 4.30. The molecule has 0 saturated carbocycles. The van der Waals surface area contributed by atoms with Crippen molar-refractivity contribution in [1.29, 1.82) is 0 Å². The third kappa shape index (κ3) is 1.98. The number of furan rings is 1. The SMILES string of the molecule is CCCC(O)c1cc2c(C)cc(C)cc2o1. The fourth-order valence-corrected chi connectivity index (χ4v) is 2.09. The van der Waals surface area contributed by atoms with E-state index in [4.69, 9.17) is 4.42 Å². The highest BCUT2D eigenvalue weighted by molar-refractivity contribution is 5.82. The van der Waals surface area contributed by atoms with Gasteiger partial charge in [-0.2, -0.15) is 0 Å². The third-order valence-electron chi connectivity index (χ3n) is 2.90. The minimum Gasteiger partial charge on any atom is -0.458 e. The zero-order valence-electron chi connectivity index (χ0n) is 10.1. The summed E-state index contributed by atoms with van der Waals surface area (Å²) in [5.74, 6) is 0.686. The zero-order chi connectivity index (χ0) is 11.7. The summed E-state index contributed by atoms with van der Waals surface area (Å²) in [7, 11) is 0. The van der Waals surface area contributed by atoms with Gasteiger partial charge in [-0.3, -0.25) is 0 Å². The molecule has 0 aliphatic rings. The highest BCUT2D eigenvalue weighted by atomic mass is 16.4. The second-order valence-corrected chi connectivity index (χ2v) is 4.45. The van der Waals surface area contributed by atoms with Gasteiger partial charge in [0, 0.05) is 5.39 Å². The Morgan fingerprint density at radius 3 is 2.69 bits per heavy atom. The molecule has 2 heteroatoms. The Hall–Kier alpha value is -1.28. The number of aliphatic hydroxyl groups excluding tert-OH is 1. The fraction of sp³-hybridized carbons (Fsp3) is 0.429. The Labute approximate surface area is 95.9 Å². The number of rotatable bonds is 3. The van der Waals surface area contributed by atoms with Crippen LogP contribution in [0, 0.1) is 13.8 Å². The molecule has 0 radical (unpaired) electrons. The summed E-state index contributed by atoms with van der Waals surface area (Å²) in [5.41, 5.74) is 3.27. The number of benzene rings is 1. The van der Waals surface area contributed by atoms with Gasteiger partial charge in [0.25, 0.3) is 0 Å². The van der Waals surface area contributed by atoms with Crippen LogP contribution >= 0.6 is 0 Å². The maximum atomic E-state index is 9.89. The van der Waals surface area contributed by atoms with Crippen molar-refractivity contribution in [3.8, 4) is 0 Å². The largest absolute Gasteiger partial charge is 0.458 e. The molecule has 0 bridgehead atoms. The van der Waals surface area contributed by atoms with E-state index in [0.717, 1.165) is 23.8 Å². The van der Waals surface area contributed by atoms with Crippen molar-refractivity contribution in [2.24, 2.45) is 0 Å². The van der Waals surface area contributed by atoms with E-state index in [-0.39, 0.29) is 0 Å². The number of hydrogen-bond donors (Lipinski definition) is 1. The maximum Gasteiger partial charge on any atom is 0.134 e. The number of hydrogen-bond acceptors (Lipinski definition) is 2. The third-order valence-corrected chi connectivity index (χ3v) is 2.90. The summed E-state index contributed by atoms with van der Waals surface area (Å²) in [6.45, 7) is 6.18. The summed E-state index contributed by atoms with van der Waals surface area (Å²) in [6, 6.07) is 6.11. The highest BCUT2D eigenvalue weighted by Gasteiger charge is 2.13. The molecular formula is C14H18O2. The average molecular weight is 218 g/mol. The number of aliphatic hydroxyl groups is 1. The van der Waals surface area contributed by atoms with E-state index in [1.165, 1.54) is 11.1 Å². The molecule has 0 aliphatic carbocycles. The molecule has 0 fully saturated rings. The smallest absolute Gasteiger partial charge is 0.134 e. The van der Waals surface area contributed by atoms with Gasteiger partial charge in [-0.25, -0.2) is 0 Å². The lowest BCUT2D eigenvalue weighted by Crippen LogP contribution is -1.93. The summed E-state index contributed by atoms with van der Waals surface area (Å²) in [5, 5.41) is 11.0. The summed E-state index contributed by atoms with van der Waals surface area (Å²) in [6.07, 6.45) is 1.23. The van der Waals surface area contributed by atoms with E-state index in [0.29, 0.717) is 5.76 Å². The molecule has 0 amide bonds. The highest BCUT2D eigenvalue weighted by Crippen LogP contribution is 2.29. The molecule has 2 nitrogen and oxygen atoms in total. The molecule has 2 aromatic rings. The van der Waals surface area contributed by atoms with E-state index >= 15 is 0 Å². The first-order chi connectivity index (χ1) is 7.61. The molecule has 0 spiro atoms. The molecule has 2 rings (SSSR count). The van der Waals surface area contributed by atoms with Crippen LogP contribution in [-0.2, 0) is 0 Å². The van der Waals surface area contributed by atoms with Gasteiger partial charge in [-0.05, 0) is 43.5 Å². The number of aryl methyl sites for hydroxylation is 2. The Kier molecular flexibility index (Phi) is 3.01. The first kappa shape index (κ1) is 11.2. The van der Waals surface area contributed by atoms with Crippen molar-refractivity contribution in [1.82, 2.24) is 0 Å². The zero-order valence-corrected chi connectivity index (χ0v) is 10.1. The van der Waals surface area contributed by atoms with Gasteiger partial charge < -0.3 is 9.52 Å². The molecule has 1 N–H and O–H groups in total. The molecule has 0 aliphatic heterocycles. The quantitative estimate of drug-likeness (QED) is 0.848. The molecule has 0 saturated heterocycles. The van der Waals surface area contributed by atoms with Gasteiger partial charge in [0.2, 0.25) is 0 Å². The summed E-state index contributed by atoms with van der Waals surface area (Å²) >= 11 is 0. The molecule has 1 aromatic carbocycles. The normalized spacial score (nSPS) is 13.2. The maximum absolute atomic E-state index is 9.89. The minimum absolute atomic E-state index is 0.475. The van der Waals surface area contributed by atoms with Crippen LogP contribution < -0.4 is 0 Å². The molecule has 86 valence electrons. The van der Waals surface area contributed by atoms with Crippen LogP contribution in [0.1, 0.15) is 42.8 Å².